The van der Waals surface area contributed by atoms with Gasteiger partial charge in [-0.25, -0.2) is 0 Å². The molecule has 0 radical (unpaired) electrons. The maximum Gasteiger partial charge on any atom is 0.196 e. The Morgan fingerprint density at radius 3 is 2.74 bits per heavy atom. The molecule has 0 fully saturated rings. The lowest BCUT2D eigenvalue weighted by atomic mass is 10.0. The maximum absolute atomic E-state index is 12.5. The van der Waals surface area contributed by atoms with Crippen molar-refractivity contribution in [1.29, 1.82) is 0 Å². The van der Waals surface area contributed by atoms with E-state index in [-0.39, 0.29) is 5.78 Å². The maximum atomic E-state index is 12.5. The summed E-state index contributed by atoms with van der Waals surface area (Å²) in [5.74, 6) is -0.133. The average molecular weight is 308 g/mol. The minimum Gasteiger partial charge on any atom is -0.288 e. The smallest absolute Gasteiger partial charge is 0.196 e. The molecule has 0 atom stereocenters. The molecule has 94 valence electrons. The van der Waals surface area contributed by atoms with Gasteiger partial charge in [0.15, 0.2) is 5.78 Å². The number of rotatable bonds is 2. The van der Waals surface area contributed by atoms with Crippen LogP contribution < -0.4 is 0 Å². The van der Waals surface area contributed by atoms with Crippen LogP contribution in [0.1, 0.15) is 15.9 Å². The van der Waals surface area contributed by atoms with Crippen molar-refractivity contribution in [2.24, 2.45) is 0 Å². The Morgan fingerprint density at radius 2 is 2.00 bits per heavy atom. The van der Waals surface area contributed by atoms with Gasteiger partial charge in [0, 0.05) is 23.3 Å². The molecule has 0 bridgehead atoms. The van der Waals surface area contributed by atoms with E-state index in [1.807, 2.05) is 18.2 Å². The summed E-state index contributed by atoms with van der Waals surface area (Å²) in [5, 5.41) is 1.78. The van der Waals surface area contributed by atoms with Crippen LogP contribution in [0.15, 0.2) is 42.7 Å². The summed E-state index contributed by atoms with van der Waals surface area (Å²) in [5.41, 5.74) is 1.02. The number of thiophene rings is 1. The summed E-state index contributed by atoms with van der Waals surface area (Å²) < 4.78 is 0.919. The molecule has 0 N–H and O–H groups in total. The average Bonchev–Trinajstić information content (AvgIpc) is 2.76. The third kappa shape index (κ3) is 2.25. The largest absolute Gasteiger partial charge is 0.288 e. The van der Waals surface area contributed by atoms with Crippen molar-refractivity contribution in [3.05, 3.63) is 62.5 Å². The molecule has 2 aromatic heterocycles. The monoisotopic (exact) mass is 307 g/mol. The second kappa shape index (κ2) is 4.93. The molecule has 0 amide bonds. The lowest BCUT2D eigenvalue weighted by Crippen LogP contribution is -2.01. The quantitative estimate of drug-likeness (QED) is 0.634. The van der Waals surface area contributed by atoms with Gasteiger partial charge < -0.3 is 0 Å². The van der Waals surface area contributed by atoms with Crippen LogP contribution in [0.5, 0.6) is 0 Å². The Morgan fingerprint density at radius 1 is 1.16 bits per heavy atom. The lowest BCUT2D eigenvalue weighted by molar-refractivity contribution is 0.104. The van der Waals surface area contributed by atoms with Crippen LogP contribution in [0.25, 0.3) is 10.8 Å². The molecular weight excluding hydrogens is 301 g/mol. The van der Waals surface area contributed by atoms with E-state index in [1.54, 1.807) is 24.5 Å². The predicted octanol–water partition coefficient (Wildman–Crippen LogP) is 4.83. The van der Waals surface area contributed by atoms with Crippen LogP contribution >= 0.6 is 34.5 Å². The van der Waals surface area contributed by atoms with E-state index in [2.05, 4.69) is 4.98 Å². The zero-order chi connectivity index (χ0) is 13.4. The molecule has 0 aliphatic carbocycles. The van der Waals surface area contributed by atoms with Crippen LogP contribution in [0.2, 0.25) is 8.67 Å². The van der Waals surface area contributed by atoms with Crippen molar-refractivity contribution in [1.82, 2.24) is 4.98 Å². The zero-order valence-electron chi connectivity index (χ0n) is 9.56. The van der Waals surface area contributed by atoms with Crippen LogP contribution in [0.3, 0.4) is 0 Å². The molecule has 2 heterocycles. The van der Waals surface area contributed by atoms with Crippen molar-refractivity contribution < 1.29 is 4.79 Å². The third-order valence-electron chi connectivity index (χ3n) is 2.83. The second-order valence-electron chi connectivity index (χ2n) is 3.97. The highest BCUT2D eigenvalue weighted by atomic mass is 35.5. The molecule has 3 rings (SSSR count). The van der Waals surface area contributed by atoms with Crippen molar-refractivity contribution in [2.75, 3.05) is 0 Å². The van der Waals surface area contributed by atoms with Gasteiger partial charge in [0.25, 0.3) is 0 Å². The fourth-order valence-corrected chi connectivity index (χ4v) is 3.41. The number of hydrogen-bond donors (Lipinski definition) is 0. The molecule has 0 spiro atoms. The Balaban J connectivity index is 2.19. The number of benzene rings is 1. The Bertz CT molecular complexity index is 777. The molecule has 3 aromatic rings. The topological polar surface area (TPSA) is 30.0 Å². The first-order valence-corrected chi connectivity index (χ1v) is 7.06. The normalized spacial score (nSPS) is 10.8. The number of aromatic nitrogens is 1. The lowest BCUT2D eigenvalue weighted by Gasteiger charge is -2.04. The van der Waals surface area contributed by atoms with E-state index in [9.17, 15) is 4.79 Å². The standard InChI is InChI=1S/C14H7Cl2NOS/c15-12-6-10(14(16)19-12)13(18)9-3-1-2-8-4-5-17-7-11(8)9/h1-7H. The van der Waals surface area contributed by atoms with Crippen molar-refractivity contribution in [2.45, 2.75) is 0 Å². The molecule has 1 aromatic carbocycles. The second-order valence-corrected chi connectivity index (χ2v) is 6.25. The van der Waals surface area contributed by atoms with Gasteiger partial charge >= 0.3 is 0 Å². The van der Waals surface area contributed by atoms with Crippen LogP contribution in [0, 0.1) is 0 Å². The highest BCUT2D eigenvalue weighted by Gasteiger charge is 2.18. The number of hydrogen-bond acceptors (Lipinski definition) is 3. The molecule has 0 saturated carbocycles. The van der Waals surface area contributed by atoms with E-state index in [0.717, 1.165) is 10.8 Å². The van der Waals surface area contributed by atoms with E-state index >= 15 is 0 Å². The van der Waals surface area contributed by atoms with Gasteiger partial charge in [-0.3, -0.25) is 9.78 Å². The molecule has 19 heavy (non-hydrogen) atoms. The summed E-state index contributed by atoms with van der Waals surface area (Å²) in [7, 11) is 0. The van der Waals surface area contributed by atoms with E-state index in [0.29, 0.717) is 19.8 Å². The minimum absolute atomic E-state index is 0.133. The van der Waals surface area contributed by atoms with E-state index in [1.165, 1.54) is 11.3 Å². The minimum atomic E-state index is -0.133. The number of halogens is 2. The van der Waals surface area contributed by atoms with Gasteiger partial charge in [-0.15, -0.1) is 11.3 Å². The molecule has 0 aliphatic heterocycles. The first-order valence-electron chi connectivity index (χ1n) is 5.49. The first kappa shape index (κ1) is 12.6. The van der Waals surface area contributed by atoms with Crippen LogP contribution in [-0.2, 0) is 0 Å². The van der Waals surface area contributed by atoms with Gasteiger partial charge in [0.1, 0.15) is 4.34 Å². The summed E-state index contributed by atoms with van der Waals surface area (Å²) in [6.45, 7) is 0. The van der Waals surface area contributed by atoms with Crippen molar-refractivity contribution in [3.63, 3.8) is 0 Å². The fraction of sp³-hybridized carbons (Fsp3) is 0. The molecule has 0 saturated heterocycles. The van der Waals surface area contributed by atoms with Crippen molar-refractivity contribution >= 4 is 51.1 Å². The zero-order valence-corrected chi connectivity index (χ0v) is 11.9. The SMILES string of the molecule is O=C(c1cc(Cl)sc1Cl)c1cccc2ccncc12. The van der Waals surface area contributed by atoms with Gasteiger partial charge in [-0.05, 0) is 17.5 Å². The number of pyridine rings is 1. The number of fused-ring (bicyclic) bond motifs is 1. The van der Waals surface area contributed by atoms with Gasteiger partial charge in [0.2, 0.25) is 0 Å². The highest BCUT2D eigenvalue weighted by Crippen LogP contribution is 2.33. The number of ketones is 1. The highest BCUT2D eigenvalue weighted by molar-refractivity contribution is 7.20. The Labute approximate surface area is 123 Å². The fourth-order valence-electron chi connectivity index (χ4n) is 1.95. The number of carbonyl (C=O) groups excluding carboxylic acids is 1. The predicted molar refractivity (Wildman–Crippen MR) is 79.5 cm³/mol. The molecular formula is C14H7Cl2NOS. The summed E-state index contributed by atoms with van der Waals surface area (Å²) in [6.07, 6.45) is 3.38. The third-order valence-corrected chi connectivity index (χ3v) is 4.32. The first-order chi connectivity index (χ1) is 9.16. The Kier molecular flexibility index (Phi) is 3.27. The molecule has 5 heteroatoms. The van der Waals surface area contributed by atoms with Gasteiger partial charge in [-0.2, -0.15) is 0 Å². The van der Waals surface area contributed by atoms with Crippen LogP contribution in [0.4, 0.5) is 0 Å². The summed E-state index contributed by atoms with van der Waals surface area (Å²) >= 11 is 13.1. The van der Waals surface area contributed by atoms with Crippen LogP contribution in [-0.4, -0.2) is 10.8 Å². The summed E-state index contributed by atoms with van der Waals surface area (Å²) in [4.78, 5) is 16.6. The van der Waals surface area contributed by atoms with Crippen molar-refractivity contribution in [3.8, 4) is 0 Å². The van der Waals surface area contributed by atoms with Gasteiger partial charge in [0.05, 0.1) is 9.90 Å². The molecule has 0 aliphatic rings. The number of carbonyl (C=O) groups is 1. The van der Waals surface area contributed by atoms with E-state index < -0.39 is 0 Å². The summed E-state index contributed by atoms with van der Waals surface area (Å²) in [6, 6.07) is 9.03. The van der Waals surface area contributed by atoms with Gasteiger partial charge in [-0.1, -0.05) is 41.4 Å². The number of nitrogens with zero attached hydrogens (tertiary/aromatic N) is 1. The Hall–Kier alpha value is -1.42. The molecule has 2 nitrogen and oxygen atoms in total. The van der Waals surface area contributed by atoms with E-state index in [4.69, 9.17) is 23.2 Å². The molecule has 0 unspecified atom stereocenters.